The number of hydrogen-bond donors (Lipinski definition) is 0. The van der Waals surface area contributed by atoms with Gasteiger partial charge in [-0.15, -0.1) is 0 Å². The van der Waals surface area contributed by atoms with E-state index in [9.17, 15) is 16.8 Å². The number of halogens is 2. The first-order valence-electron chi connectivity index (χ1n) is 5.40. The van der Waals surface area contributed by atoms with Crippen molar-refractivity contribution < 1.29 is 16.8 Å². The molecule has 0 aromatic carbocycles. The summed E-state index contributed by atoms with van der Waals surface area (Å²) in [5.41, 5.74) is 0. The van der Waals surface area contributed by atoms with Gasteiger partial charge in [0.05, 0.1) is 0 Å². The largest absolute Gasteiger partial charge is 0.330 e. The van der Waals surface area contributed by atoms with E-state index in [1.165, 1.54) is 36.7 Å². The number of nitrogens with zero attached hydrogens (tertiary/aromatic N) is 2. The fourth-order valence-corrected chi connectivity index (χ4v) is 5.42. The maximum absolute atomic E-state index is 12.3. The van der Waals surface area contributed by atoms with Crippen LogP contribution in [0.1, 0.15) is 0 Å². The SMILES string of the molecule is O=S(=O)(c1ccccn1)C(Cl)(Cl)S(=O)(=O)c1ccccn1. The normalized spacial score (nSPS) is 13.0. The highest BCUT2D eigenvalue weighted by atomic mass is 35.5. The Balaban J connectivity index is 2.62. The molecule has 0 fully saturated rings. The molecule has 0 N–H and O–H groups in total. The Hall–Kier alpha value is -1.22. The van der Waals surface area contributed by atoms with Crippen LogP contribution in [-0.2, 0) is 19.7 Å². The van der Waals surface area contributed by atoms with Crippen molar-refractivity contribution in [2.75, 3.05) is 0 Å². The van der Waals surface area contributed by atoms with E-state index in [1.807, 2.05) is 0 Å². The molecule has 0 bridgehead atoms. The van der Waals surface area contributed by atoms with Gasteiger partial charge in [-0.2, -0.15) is 0 Å². The molecule has 0 aliphatic rings. The first-order valence-corrected chi connectivity index (χ1v) is 9.12. The van der Waals surface area contributed by atoms with E-state index < -0.39 is 32.7 Å². The zero-order chi connectivity index (χ0) is 15.7. The molecule has 0 radical (unpaired) electrons. The molecule has 0 spiro atoms. The Morgan fingerprint density at radius 2 is 1.14 bits per heavy atom. The van der Waals surface area contributed by atoms with E-state index in [0.29, 0.717) is 0 Å². The predicted octanol–water partition coefficient (Wildman–Crippen LogP) is 1.81. The lowest BCUT2D eigenvalue weighted by Gasteiger charge is -2.19. The van der Waals surface area contributed by atoms with E-state index in [1.54, 1.807) is 0 Å². The molecule has 6 nitrogen and oxygen atoms in total. The van der Waals surface area contributed by atoms with E-state index >= 15 is 0 Å². The number of sulfone groups is 2. The fourth-order valence-electron chi connectivity index (χ4n) is 1.40. The Morgan fingerprint density at radius 1 is 0.762 bits per heavy atom. The van der Waals surface area contributed by atoms with Crippen molar-refractivity contribution >= 4 is 42.9 Å². The summed E-state index contributed by atoms with van der Waals surface area (Å²) in [6.45, 7) is 0. The smallest absolute Gasteiger partial charge is 0.245 e. The molecule has 2 heterocycles. The van der Waals surface area contributed by atoms with Crippen LogP contribution in [0.25, 0.3) is 0 Å². The van der Waals surface area contributed by atoms with Crippen molar-refractivity contribution in [3.63, 3.8) is 0 Å². The summed E-state index contributed by atoms with van der Waals surface area (Å²) < 4.78 is 46.2. The number of aromatic nitrogens is 2. The summed E-state index contributed by atoms with van der Waals surface area (Å²) >= 11 is 11.4. The Labute approximate surface area is 131 Å². The molecule has 2 rings (SSSR count). The minimum atomic E-state index is -4.65. The van der Waals surface area contributed by atoms with Crippen molar-refractivity contribution in [2.45, 2.75) is 13.0 Å². The number of pyridine rings is 2. The van der Waals surface area contributed by atoms with Gasteiger partial charge < -0.3 is 0 Å². The Kier molecular flexibility index (Phi) is 4.25. The van der Waals surface area contributed by atoms with E-state index in [0.717, 1.165) is 12.1 Å². The molecule has 0 aliphatic carbocycles. The quantitative estimate of drug-likeness (QED) is 0.765. The minimum Gasteiger partial charge on any atom is -0.245 e. The summed E-state index contributed by atoms with van der Waals surface area (Å²) in [6.07, 6.45) is 2.37. The summed E-state index contributed by atoms with van der Waals surface area (Å²) in [7, 11) is -9.31. The third-order valence-electron chi connectivity index (χ3n) is 2.45. The molecule has 2 aromatic heterocycles. The zero-order valence-corrected chi connectivity index (χ0v) is 13.4. The highest BCUT2D eigenvalue weighted by Gasteiger charge is 2.55. The average molecular weight is 367 g/mol. The van der Waals surface area contributed by atoms with E-state index in [2.05, 4.69) is 9.97 Å². The van der Waals surface area contributed by atoms with Crippen LogP contribution in [0, 0.1) is 0 Å². The summed E-state index contributed by atoms with van der Waals surface area (Å²) in [6, 6.07) is 7.88. The first-order chi connectivity index (χ1) is 9.71. The molecule has 0 aliphatic heterocycles. The van der Waals surface area contributed by atoms with Crippen LogP contribution >= 0.6 is 23.2 Å². The third kappa shape index (κ3) is 2.64. The van der Waals surface area contributed by atoms with Gasteiger partial charge in [0.25, 0.3) is 0 Å². The second-order valence-corrected chi connectivity index (χ2v) is 10.4. The van der Waals surface area contributed by atoms with E-state index in [-0.39, 0.29) is 0 Å². The molecule has 21 heavy (non-hydrogen) atoms. The molecule has 0 unspecified atom stereocenters. The predicted molar refractivity (Wildman–Crippen MR) is 77.3 cm³/mol. The standard InChI is InChI=1S/C11H8Cl2N2O4S2/c12-11(13,20(16,17)9-5-1-3-7-14-9)21(18,19)10-6-2-4-8-15-10/h1-8H. The van der Waals surface area contributed by atoms with Gasteiger partial charge in [0.15, 0.2) is 10.1 Å². The lowest BCUT2D eigenvalue weighted by Crippen LogP contribution is -2.36. The summed E-state index contributed by atoms with van der Waals surface area (Å²) in [4.78, 5) is 7.16. The van der Waals surface area contributed by atoms with Crippen molar-refractivity contribution in [3.8, 4) is 0 Å². The molecule has 0 saturated heterocycles. The van der Waals surface area contributed by atoms with Gasteiger partial charge in [-0.25, -0.2) is 26.8 Å². The van der Waals surface area contributed by atoms with Crippen LogP contribution in [-0.4, -0.2) is 29.8 Å². The molecule has 0 saturated carbocycles. The average Bonchev–Trinajstić information content (AvgIpc) is 2.48. The lowest BCUT2D eigenvalue weighted by atomic mass is 10.5. The van der Waals surface area contributed by atoms with Gasteiger partial charge in [-0.3, -0.25) is 0 Å². The first kappa shape index (κ1) is 16.2. The third-order valence-corrected chi connectivity index (χ3v) is 9.04. The van der Waals surface area contributed by atoms with Gasteiger partial charge >= 0.3 is 3.00 Å². The Morgan fingerprint density at radius 3 is 1.43 bits per heavy atom. The van der Waals surface area contributed by atoms with Crippen LogP contribution in [0.4, 0.5) is 0 Å². The maximum atomic E-state index is 12.3. The van der Waals surface area contributed by atoms with Gasteiger partial charge in [-0.05, 0) is 24.3 Å². The molecular weight excluding hydrogens is 359 g/mol. The lowest BCUT2D eigenvalue weighted by molar-refractivity contribution is 0.577. The van der Waals surface area contributed by atoms with Crippen LogP contribution in [0.15, 0.2) is 58.8 Å². The number of hydrogen-bond acceptors (Lipinski definition) is 6. The summed E-state index contributed by atoms with van der Waals surface area (Å²) in [5.74, 6) is 0. The van der Waals surface area contributed by atoms with Crippen molar-refractivity contribution in [3.05, 3.63) is 48.8 Å². The Bertz CT molecular complexity index is 767. The minimum absolute atomic E-state index is 0.547. The van der Waals surface area contributed by atoms with Crippen molar-refractivity contribution in [1.29, 1.82) is 0 Å². The number of rotatable bonds is 4. The van der Waals surface area contributed by atoms with Crippen LogP contribution in [0.2, 0.25) is 0 Å². The molecular formula is C11H8Cl2N2O4S2. The second kappa shape index (κ2) is 5.53. The van der Waals surface area contributed by atoms with Crippen molar-refractivity contribution in [1.82, 2.24) is 9.97 Å². The van der Waals surface area contributed by atoms with Crippen LogP contribution in [0.5, 0.6) is 0 Å². The van der Waals surface area contributed by atoms with Gasteiger partial charge in [-0.1, -0.05) is 35.3 Å². The molecule has 2 aromatic rings. The topological polar surface area (TPSA) is 94.1 Å². The fraction of sp³-hybridized carbons (Fsp3) is 0.0909. The number of alkyl halides is 2. The van der Waals surface area contributed by atoms with Crippen LogP contribution < -0.4 is 0 Å². The van der Waals surface area contributed by atoms with Crippen LogP contribution in [0.3, 0.4) is 0 Å². The molecule has 112 valence electrons. The molecule has 0 atom stereocenters. The molecule has 10 heteroatoms. The molecule has 0 amide bonds. The van der Waals surface area contributed by atoms with Gasteiger partial charge in [0.2, 0.25) is 19.7 Å². The highest BCUT2D eigenvalue weighted by molar-refractivity contribution is 8.14. The zero-order valence-electron chi connectivity index (χ0n) is 10.2. The van der Waals surface area contributed by atoms with Gasteiger partial charge in [0, 0.05) is 12.4 Å². The monoisotopic (exact) mass is 366 g/mol. The van der Waals surface area contributed by atoms with E-state index in [4.69, 9.17) is 23.2 Å². The second-order valence-electron chi connectivity index (χ2n) is 3.81. The van der Waals surface area contributed by atoms with Crippen molar-refractivity contribution in [2.24, 2.45) is 0 Å². The highest BCUT2D eigenvalue weighted by Crippen LogP contribution is 2.41. The summed E-state index contributed by atoms with van der Waals surface area (Å²) in [5, 5.41) is -1.09. The van der Waals surface area contributed by atoms with Gasteiger partial charge in [0.1, 0.15) is 0 Å². The maximum Gasteiger partial charge on any atom is 0.330 e.